The van der Waals surface area contributed by atoms with Crippen LogP contribution in [0.25, 0.3) is 10.9 Å². The van der Waals surface area contributed by atoms with Crippen molar-refractivity contribution in [2.24, 2.45) is 11.7 Å². The molecule has 1 aliphatic heterocycles. The lowest BCUT2D eigenvalue weighted by Crippen LogP contribution is -2.27. The third-order valence-corrected chi connectivity index (χ3v) is 6.30. The summed E-state index contributed by atoms with van der Waals surface area (Å²) in [6.45, 7) is 1.87. The zero-order valence-corrected chi connectivity index (χ0v) is 20.0. The first-order chi connectivity index (χ1) is 18.2. The van der Waals surface area contributed by atoms with Gasteiger partial charge in [0.2, 0.25) is 11.8 Å². The average molecular weight is 525 g/mol. The lowest BCUT2D eigenvalue weighted by Gasteiger charge is -2.15. The van der Waals surface area contributed by atoms with Gasteiger partial charge in [0.05, 0.1) is 22.7 Å². The van der Waals surface area contributed by atoms with Crippen LogP contribution in [0.15, 0.2) is 67.1 Å². The highest BCUT2D eigenvalue weighted by Gasteiger charge is 2.30. The molecule has 1 unspecified atom stereocenters. The maximum absolute atomic E-state index is 13.0. The Bertz CT molecular complexity index is 1500. The molecule has 3 N–H and O–H groups in total. The number of alkyl halides is 3. The van der Waals surface area contributed by atoms with Crippen LogP contribution < -0.4 is 15.8 Å². The standard InChI is InChI=1S/C26H23F3N6O3/c27-26(28,29)18-2-1-3-19(11-18)33-25(37)35-9-7-16-10-21(4-5-22(16)35)38-23-12-20(31-15-32-23)14-34-8-6-17(13-34)24(30)36/h1-5,7,9-12,15,17H,6,8,13-14H2,(H2,30,36)(H,33,37). The van der Waals surface area contributed by atoms with Crippen LogP contribution in [0.2, 0.25) is 0 Å². The van der Waals surface area contributed by atoms with Gasteiger partial charge in [0.25, 0.3) is 0 Å². The number of amides is 2. The fraction of sp³-hybridized carbons (Fsp3) is 0.231. The van der Waals surface area contributed by atoms with Crippen molar-refractivity contribution in [1.82, 2.24) is 19.4 Å². The lowest BCUT2D eigenvalue weighted by molar-refractivity contribution is -0.137. The van der Waals surface area contributed by atoms with E-state index in [4.69, 9.17) is 10.5 Å². The van der Waals surface area contributed by atoms with Crippen LogP contribution in [0, 0.1) is 5.92 Å². The molecule has 2 aromatic carbocycles. The van der Waals surface area contributed by atoms with E-state index in [2.05, 4.69) is 20.2 Å². The van der Waals surface area contributed by atoms with Gasteiger partial charge in [-0.05, 0) is 55.4 Å². The first kappa shape index (κ1) is 25.2. The fourth-order valence-corrected chi connectivity index (χ4v) is 4.40. The molecule has 4 aromatic rings. The summed E-state index contributed by atoms with van der Waals surface area (Å²) in [4.78, 5) is 34.7. The zero-order valence-electron chi connectivity index (χ0n) is 20.0. The number of rotatable bonds is 6. The van der Waals surface area contributed by atoms with Crippen molar-refractivity contribution in [1.29, 1.82) is 0 Å². The number of ether oxygens (including phenoxy) is 1. The molecule has 2 amide bonds. The number of hydrogen-bond donors (Lipinski definition) is 2. The average Bonchev–Trinajstić information content (AvgIpc) is 3.51. The van der Waals surface area contributed by atoms with Gasteiger partial charge in [-0.25, -0.2) is 14.8 Å². The molecule has 3 heterocycles. The molecule has 0 bridgehead atoms. The van der Waals surface area contributed by atoms with E-state index < -0.39 is 17.8 Å². The summed E-state index contributed by atoms with van der Waals surface area (Å²) in [7, 11) is 0. The number of aromatic nitrogens is 3. The highest BCUT2D eigenvalue weighted by Crippen LogP contribution is 2.31. The van der Waals surface area contributed by atoms with Crippen LogP contribution in [0.3, 0.4) is 0 Å². The number of carbonyl (C=O) groups is 2. The second-order valence-electron chi connectivity index (χ2n) is 8.99. The van der Waals surface area contributed by atoms with Gasteiger partial charge >= 0.3 is 12.2 Å². The fourth-order valence-electron chi connectivity index (χ4n) is 4.40. The second kappa shape index (κ2) is 10.1. The number of hydrogen-bond acceptors (Lipinski definition) is 6. The Morgan fingerprint density at radius 2 is 1.95 bits per heavy atom. The van der Waals surface area contributed by atoms with E-state index >= 15 is 0 Å². The van der Waals surface area contributed by atoms with Gasteiger partial charge in [0.1, 0.15) is 12.1 Å². The van der Waals surface area contributed by atoms with Crippen LogP contribution in [-0.2, 0) is 17.5 Å². The molecule has 0 spiro atoms. The van der Waals surface area contributed by atoms with Gasteiger partial charge in [-0.2, -0.15) is 13.2 Å². The number of halogens is 3. The minimum absolute atomic E-state index is 0.0327. The van der Waals surface area contributed by atoms with Crippen molar-refractivity contribution < 1.29 is 27.5 Å². The van der Waals surface area contributed by atoms with Crippen LogP contribution >= 0.6 is 0 Å². The van der Waals surface area contributed by atoms with E-state index in [-0.39, 0.29) is 17.5 Å². The minimum atomic E-state index is -4.51. The molecule has 196 valence electrons. The van der Waals surface area contributed by atoms with Crippen LogP contribution in [0.1, 0.15) is 17.7 Å². The molecule has 9 nitrogen and oxygen atoms in total. The number of primary amides is 1. The second-order valence-corrected chi connectivity index (χ2v) is 8.99. The number of anilines is 1. The van der Waals surface area contributed by atoms with E-state index in [0.29, 0.717) is 35.6 Å². The Balaban J connectivity index is 1.27. The van der Waals surface area contributed by atoms with Crippen molar-refractivity contribution >= 4 is 28.5 Å². The number of benzene rings is 2. The Kier molecular flexibility index (Phi) is 6.72. The summed E-state index contributed by atoms with van der Waals surface area (Å²) in [5.41, 5.74) is 5.87. The number of carbonyl (C=O) groups excluding carboxylic acids is 2. The Hall–Kier alpha value is -4.45. The van der Waals surface area contributed by atoms with E-state index in [1.54, 1.807) is 30.3 Å². The summed E-state index contributed by atoms with van der Waals surface area (Å²) >= 11 is 0. The summed E-state index contributed by atoms with van der Waals surface area (Å²) in [5, 5.41) is 3.18. The van der Waals surface area contributed by atoms with E-state index in [9.17, 15) is 22.8 Å². The van der Waals surface area contributed by atoms with E-state index in [1.807, 2.05) is 0 Å². The van der Waals surface area contributed by atoms with E-state index in [0.717, 1.165) is 30.8 Å². The third-order valence-electron chi connectivity index (χ3n) is 6.30. The molecule has 0 saturated carbocycles. The Labute approximate surface area is 215 Å². The third kappa shape index (κ3) is 5.59. The first-order valence-electron chi connectivity index (χ1n) is 11.8. The largest absolute Gasteiger partial charge is 0.439 e. The lowest BCUT2D eigenvalue weighted by atomic mass is 10.1. The molecule has 5 rings (SSSR count). The number of fused-ring (bicyclic) bond motifs is 1. The molecule has 1 fully saturated rings. The highest BCUT2D eigenvalue weighted by atomic mass is 19.4. The maximum atomic E-state index is 13.0. The van der Waals surface area contributed by atoms with Gasteiger partial charge in [0, 0.05) is 36.4 Å². The molecule has 1 saturated heterocycles. The molecule has 38 heavy (non-hydrogen) atoms. The number of nitrogens with zero attached hydrogens (tertiary/aromatic N) is 4. The van der Waals surface area contributed by atoms with Crippen molar-refractivity contribution in [2.45, 2.75) is 19.1 Å². The Morgan fingerprint density at radius 3 is 2.71 bits per heavy atom. The van der Waals surface area contributed by atoms with Gasteiger partial charge in [-0.15, -0.1) is 0 Å². The van der Waals surface area contributed by atoms with Gasteiger partial charge in [0.15, 0.2) is 0 Å². The topological polar surface area (TPSA) is 115 Å². The molecular formula is C26H23F3N6O3. The van der Waals surface area contributed by atoms with Crippen molar-refractivity contribution in [3.05, 3.63) is 78.4 Å². The van der Waals surface area contributed by atoms with Crippen LogP contribution in [0.4, 0.5) is 23.7 Å². The normalized spacial score (nSPS) is 16.0. The van der Waals surface area contributed by atoms with Crippen LogP contribution in [-0.4, -0.2) is 44.5 Å². The predicted octanol–water partition coefficient (Wildman–Crippen LogP) is 4.63. The summed E-state index contributed by atoms with van der Waals surface area (Å²) in [5.74, 6) is 0.366. The van der Waals surface area contributed by atoms with E-state index in [1.165, 1.54) is 29.2 Å². The predicted molar refractivity (Wildman–Crippen MR) is 132 cm³/mol. The highest BCUT2D eigenvalue weighted by molar-refractivity contribution is 5.98. The molecule has 0 aliphatic carbocycles. The number of likely N-dealkylation sites (tertiary alicyclic amines) is 1. The monoisotopic (exact) mass is 524 g/mol. The molecular weight excluding hydrogens is 501 g/mol. The SMILES string of the molecule is NC(=O)C1CCN(Cc2cc(Oc3ccc4c(ccn4C(=O)Nc4cccc(C(F)(F)F)c4)c3)ncn2)C1. The number of nitrogens with one attached hydrogen (secondary N) is 1. The van der Waals surface area contributed by atoms with Crippen LogP contribution in [0.5, 0.6) is 11.6 Å². The molecule has 0 radical (unpaired) electrons. The van der Waals surface area contributed by atoms with Gasteiger partial charge in [-0.3, -0.25) is 14.3 Å². The van der Waals surface area contributed by atoms with Gasteiger partial charge in [-0.1, -0.05) is 6.07 Å². The minimum Gasteiger partial charge on any atom is -0.439 e. The molecule has 2 aromatic heterocycles. The molecule has 12 heteroatoms. The Morgan fingerprint density at radius 1 is 1.11 bits per heavy atom. The first-order valence-corrected chi connectivity index (χ1v) is 11.8. The summed E-state index contributed by atoms with van der Waals surface area (Å²) < 4.78 is 46.1. The quantitative estimate of drug-likeness (QED) is 0.380. The van der Waals surface area contributed by atoms with Crippen molar-refractivity contribution in [3.63, 3.8) is 0 Å². The zero-order chi connectivity index (χ0) is 26.9. The molecule has 1 atom stereocenters. The molecule has 1 aliphatic rings. The smallest absolute Gasteiger partial charge is 0.416 e. The number of nitrogens with two attached hydrogens (primary N) is 1. The van der Waals surface area contributed by atoms with Crippen molar-refractivity contribution in [3.8, 4) is 11.6 Å². The maximum Gasteiger partial charge on any atom is 0.416 e. The van der Waals surface area contributed by atoms with Crippen molar-refractivity contribution in [2.75, 3.05) is 18.4 Å². The summed E-state index contributed by atoms with van der Waals surface area (Å²) in [6, 6.07) is 12.3. The summed E-state index contributed by atoms with van der Waals surface area (Å²) in [6.07, 6.45) is -0.861. The van der Waals surface area contributed by atoms with Gasteiger partial charge < -0.3 is 15.8 Å².